The molecule has 0 bridgehead atoms. The van der Waals surface area contributed by atoms with Gasteiger partial charge < -0.3 is 4.42 Å². The quantitative estimate of drug-likeness (QED) is 0.828. The van der Waals surface area contributed by atoms with E-state index in [1.165, 1.54) is 24.5 Å². The first-order valence-electron chi connectivity index (χ1n) is 6.39. The molecule has 1 N–H and O–H groups in total. The van der Waals surface area contributed by atoms with Crippen molar-refractivity contribution in [3.8, 4) is 0 Å². The first-order chi connectivity index (χ1) is 10.9. The van der Waals surface area contributed by atoms with Crippen LogP contribution in [0.5, 0.6) is 0 Å². The first kappa shape index (κ1) is 15.4. The first-order valence-corrected chi connectivity index (χ1v) is 7.21. The van der Waals surface area contributed by atoms with E-state index in [9.17, 15) is 18.0 Å². The van der Waals surface area contributed by atoms with Crippen molar-refractivity contribution in [2.45, 2.75) is 6.18 Å². The van der Waals surface area contributed by atoms with E-state index in [1.54, 1.807) is 12.1 Å². The number of rotatable bonds is 2. The zero-order valence-electron chi connectivity index (χ0n) is 11.4. The van der Waals surface area contributed by atoms with E-state index in [2.05, 4.69) is 0 Å². The fourth-order valence-corrected chi connectivity index (χ4v) is 2.89. The largest absolute Gasteiger partial charge is 0.465 e. The molecule has 8 heteroatoms. The number of thioether (sulfide) groups is 1. The molecule has 1 saturated heterocycles. The topological polar surface area (TPSA) is 57.3 Å². The lowest BCUT2D eigenvalue weighted by Gasteiger charge is -2.16. The van der Waals surface area contributed by atoms with Crippen molar-refractivity contribution in [1.82, 2.24) is 0 Å². The number of amidine groups is 1. The standard InChI is InChI=1S/C15H9F3N2O2S/c16-15(17,18)9-3-1-4-10(7-9)20-13(21)12(23-14(20)19)8-11-5-2-6-22-11/h1-8,19H. The van der Waals surface area contributed by atoms with Gasteiger partial charge in [-0.25, -0.2) is 0 Å². The lowest BCUT2D eigenvalue weighted by molar-refractivity contribution is -0.137. The molecule has 1 aromatic carbocycles. The highest BCUT2D eigenvalue weighted by atomic mass is 32.2. The summed E-state index contributed by atoms with van der Waals surface area (Å²) in [7, 11) is 0. The molecule has 1 aliphatic heterocycles. The third-order valence-corrected chi connectivity index (χ3v) is 3.96. The van der Waals surface area contributed by atoms with Gasteiger partial charge in [0.25, 0.3) is 5.91 Å². The van der Waals surface area contributed by atoms with Gasteiger partial charge in [-0.05, 0) is 42.1 Å². The Morgan fingerprint density at radius 1 is 1.22 bits per heavy atom. The van der Waals surface area contributed by atoms with Gasteiger partial charge in [-0.1, -0.05) is 6.07 Å². The maximum Gasteiger partial charge on any atom is 0.416 e. The zero-order chi connectivity index (χ0) is 16.6. The van der Waals surface area contributed by atoms with Crippen molar-refractivity contribution in [3.05, 3.63) is 58.9 Å². The molecule has 23 heavy (non-hydrogen) atoms. The smallest absolute Gasteiger partial charge is 0.416 e. The number of furan rings is 1. The van der Waals surface area contributed by atoms with E-state index in [-0.39, 0.29) is 15.8 Å². The minimum Gasteiger partial charge on any atom is -0.465 e. The summed E-state index contributed by atoms with van der Waals surface area (Å²) in [6.45, 7) is 0. The SMILES string of the molecule is N=C1SC(=Cc2ccco2)C(=O)N1c1cccc(C(F)(F)F)c1. The van der Waals surface area contributed by atoms with Crippen molar-refractivity contribution in [3.63, 3.8) is 0 Å². The molecule has 1 fully saturated rings. The van der Waals surface area contributed by atoms with Crippen LogP contribution in [-0.4, -0.2) is 11.1 Å². The Morgan fingerprint density at radius 3 is 2.65 bits per heavy atom. The fraction of sp³-hybridized carbons (Fsp3) is 0.0667. The number of nitrogens with one attached hydrogen (secondary N) is 1. The highest BCUT2D eigenvalue weighted by Crippen LogP contribution is 2.37. The minimum atomic E-state index is -4.51. The van der Waals surface area contributed by atoms with Crippen LogP contribution in [-0.2, 0) is 11.0 Å². The number of benzene rings is 1. The average molecular weight is 338 g/mol. The summed E-state index contributed by atoms with van der Waals surface area (Å²) >= 11 is 0.868. The zero-order valence-corrected chi connectivity index (χ0v) is 12.2. The van der Waals surface area contributed by atoms with E-state index in [0.29, 0.717) is 5.76 Å². The number of anilines is 1. The summed E-state index contributed by atoms with van der Waals surface area (Å²) < 4.78 is 43.5. The van der Waals surface area contributed by atoms with Crippen molar-refractivity contribution >= 4 is 34.6 Å². The predicted octanol–water partition coefficient (Wildman–Crippen LogP) is 4.35. The molecule has 1 aliphatic rings. The third-order valence-electron chi connectivity index (χ3n) is 3.07. The van der Waals surface area contributed by atoms with Gasteiger partial charge in [0, 0.05) is 6.08 Å². The van der Waals surface area contributed by atoms with E-state index >= 15 is 0 Å². The van der Waals surface area contributed by atoms with Crippen molar-refractivity contribution < 1.29 is 22.4 Å². The normalized spacial score (nSPS) is 17.3. The Labute approximate surface area is 133 Å². The molecule has 1 aromatic heterocycles. The lowest BCUT2D eigenvalue weighted by Crippen LogP contribution is -2.28. The van der Waals surface area contributed by atoms with Gasteiger partial charge in [-0.3, -0.25) is 15.1 Å². The van der Waals surface area contributed by atoms with Crippen LogP contribution in [0.4, 0.5) is 18.9 Å². The summed E-state index contributed by atoms with van der Waals surface area (Å²) in [5.41, 5.74) is -0.866. The second-order valence-corrected chi connectivity index (χ2v) is 5.65. The predicted molar refractivity (Wildman–Crippen MR) is 80.9 cm³/mol. The second kappa shape index (κ2) is 5.62. The molecule has 118 valence electrons. The molecule has 1 amide bonds. The van der Waals surface area contributed by atoms with Crippen LogP contribution < -0.4 is 4.90 Å². The molecule has 0 radical (unpaired) electrons. The molecular weight excluding hydrogens is 329 g/mol. The molecule has 0 spiro atoms. The summed E-state index contributed by atoms with van der Waals surface area (Å²) in [6.07, 6.45) is -1.62. The fourth-order valence-electron chi connectivity index (χ4n) is 2.05. The minimum absolute atomic E-state index is 0.00479. The number of alkyl halides is 3. The van der Waals surface area contributed by atoms with Crippen molar-refractivity contribution in [1.29, 1.82) is 5.41 Å². The monoisotopic (exact) mass is 338 g/mol. The van der Waals surface area contributed by atoms with Crippen LogP contribution in [0.3, 0.4) is 0 Å². The number of halogens is 3. The Bertz CT molecular complexity index is 797. The number of hydrogen-bond acceptors (Lipinski definition) is 4. The van der Waals surface area contributed by atoms with Crippen LogP contribution >= 0.6 is 11.8 Å². The summed E-state index contributed by atoms with van der Waals surface area (Å²) in [4.78, 5) is 13.5. The third kappa shape index (κ3) is 3.02. The molecule has 0 aliphatic carbocycles. The van der Waals surface area contributed by atoms with E-state index in [0.717, 1.165) is 28.8 Å². The van der Waals surface area contributed by atoms with Gasteiger partial charge in [0.15, 0.2) is 5.17 Å². The number of nitrogens with zero attached hydrogens (tertiary/aromatic N) is 1. The maximum absolute atomic E-state index is 12.8. The Balaban J connectivity index is 1.95. The Kier molecular flexibility index (Phi) is 3.77. The van der Waals surface area contributed by atoms with Gasteiger partial charge in [0.2, 0.25) is 0 Å². The number of hydrogen-bond donors (Lipinski definition) is 1. The van der Waals surface area contributed by atoms with Crippen molar-refractivity contribution in [2.24, 2.45) is 0 Å². The molecule has 0 unspecified atom stereocenters. The van der Waals surface area contributed by atoms with Crippen LogP contribution in [0.2, 0.25) is 0 Å². The van der Waals surface area contributed by atoms with Gasteiger partial charge in [-0.2, -0.15) is 13.2 Å². The molecule has 2 aromatic rings. The average Bonchev–Trinajstić information content (AvgIpc) is 3.08. The van der Waals surface area contributed by atoms with Crippen molar-refractivity contribution in [2.75, 3.05) is 4.90 Å². The van der Waals surface area contributed by atoms with Crippen LogP contribution in [0.15, 0.2) is 52.0 Å². The number of carbonyl (C=O) groups is 1. The highest BCUT2D eigenvalue weighted by Gasteiger charge is 2.36. The van der Waals surface area contributed by atoms with E-state index in [4.69, 9.17) is 9.83 Å². The molecule has 2 heterocycles. The van der Waals surface area contributed by atoms with Gasteiger partial charge in [-0.15, -0.1) is 0 Å². The highest BCUT2D eigenvalue weighted by molar-refractivity contribution is 8.19. The van der Waals surface area contributed by atoms with Crippen LogP contribution in [0.25, 0.3) is 6.08 Å². The summed E-state index contributed by atoms with van der Waals surface area (Å²) in [6, 6.07) is 7.61. The molecular formula is C15H9F3N2O2S. The lowest BCUT2D eigenvalue weighted by atomic mass is 10.2. The summed E-state index contributed by atoms with van der Waals surface area (Å²) in [5.74, 6) is -0.129. The van der Waals surface area contributed by atoms with Gasteiger partial charge >= 0.3 is 6.18 Å². The Hall–Kier alpha value is -2.48. The Morgan fingerprint density at radius 2 is 2.00 bits per heavy atom. The number of carbonyl (C=O) groups excluding carboxylic acids is 1. The van der Waals surface area contributed by atoms with Gasteiger partial charge in [0.05, 0.1) is 22.4 Å². The maximum atomic E-state index is 12.8. The van der Waals surface area contributed by atoms with Crippen LogP contribution in [0.1, 0.15) is 11.3 Å². The molecule has 4 nitrogen and oxygen atoms in total. The molecule has 3 rings (SSSR count). The number of amides is 1. The molecule has 0 atom stereocenters. The van der Waals surface area contributed by atoms with Gasteiger partial charge in [0.1, 0.15) is 5.76 Å². The second-order valence-electron chi connectivity index (χ2n) is 4.62. The summed E-state index contributed by atoms with van der Waals surface area (Å²) in [5, 5.41) is 7.71. The molecule has 0 saturated carbocycles. The van der Waals surface area contributed by atoms with Crippen LogP contribution in [0, 0.1) is 5.41 Å². The van der Waals surface area contributed by atoms with E-state index < -0.39 is 17.6 Å². The van der Waals surface area contributed by atoms with E-state index in [1.807, 2.05) is 0 Å².